The molecule has 0 aliphatic carbocycles. The number of carbonyl (C=O) groups is 4. The number of ketones is 2. The van der Waals surface area contributed by atoms with Crippen molar-refractivity contribution in [2.45, 2.75) is 25.2 Å². The van der Waals surface area contributed by atoms with Crippen LogP contribution in [0.5, 0.6) is 0 Å². The molecule has 0 bridgehead atoms. The lowest BCUT2D eigenvalue weighted by atomic mass is 10.1. The topological polar surface area (TPSA) is 74.8 Å². The van der Waals surface area contributed by atoms with Crippen LogP contribution >= 0.6 is 0 Å². The van der Waals surface area contributed by atoms with Crippen LogP contribution in [-0.2, 0) is 21.9 Å². The number of hydrogen-bond acceptors (Lipinski definition) is 4. The van der Waals surface area contributed by atoms with E-state index in [0.29, 0.717) is 9.80 Å². The van der Waals surface area contributed by atoms with Crippen LogP contribution < -0.4 is 9.80 Å². The van der Waals surface area contributed by atoms with Crippen LogP contribution in [-0.4, -0.2) is 36.5 Å². The van der Waals surface area contributed by atoms with E-state index in [2.05, 4.69) is 0 Å². The zero-order chi connectivity index (χ0) is 25.0. The maximum absolute atomic E-state index is 13.4. The molecular weight excluding hydrogens is 470 g/mol. The number of unbranched alkanes of at least 4 members (excludes halogenated alkanes) is 1. The monoisotopic (exact) mass is 484 g/mol. The zero-order valence-corrected chi connectivity index (χ0v) is 17.1. The molecule has 34 heavy (non-hydrogen) atoms. The van der Waals surface area contributed by atoms with Gasteiger partial charge in [0.05, 0.1) is 33.6 Å². The number of fused-ring (bicyclic) bond motifs is 2. The third-order valence-corrected chi connectivity index (χ3v) is 5.60. The third kappa shape index (κ3) is 3.72. The molecule has 4 rings (SSSR count). The first-order valence-electron chi connectivity index (χ1n) is 9.97. The molecule has 0 saturated heterocycles. The summed E-state index contributed by atoms with van der Waals surface area (Å²) in [6.45, 7) is -0.678. The van der Waals surface area contributed by atoms with E-state index in [9.17, 15) is 45.5 Å². The van der Waals surface area contributed by atoms with Crippen LogP contribution in [0.2, 0.25) is 0 Å². The van der Waals surface area contributed by atoms with Gasteiger partial charge in [0, 0.05) is 13.1 Å². The fraction of sp³-hybridized carbons (Fsp3) is 0.273. The molecule has 0 spiro atoms. The van der Waals surface area contributed by atoms with Crippen LogP contribution in [0.1, 0.15) is 44.7 Å². The molecule has 2 aromatic carbocycles. The molecule has 0 unspecified atom stereocenters. The minimum atomic E-state index is -4.82. The number of anilines is 2. The molecule has 178 valence electrons. The average molecular weight is 484 g/mol. The summed E-state index contributed by atoms with van der Waals surface area (Å²) >= 11 is 0. The smallest absolute Gasteiger partial charge is 0.304 e. The summed E-state index contributed by atoms with van der Waals surface area (Å²) in [6, 6.07) is 5.72. The Morgan fingerprint density at radius 2 is 0.941 bits per heavy atom. The first-order valence-corrected chi connectivity index (χ1v) is 9.97. The molecule has 12 heteroatoms. The Hall–Kier alpha value is -3.70. The van der Waals surface area contributed by atoms with Crippen LogP contribution in [0.3, 0.4) is 0 Å². The number of carbonyl (C=O) groups excluding carboxylic acids is 4. The van der Waals surface area contributed by atoms with Crippen molar-refractivity contribution in [3.05, 3.63) is 58.7 Å². The number of alkyl halides is 6. The van der Waals surface area contributed by atoms with Crippen molar-refractivity contribution >= 4 is 34.8 Å². The number of nitrogens with zero attached hydrogens (tertiary/aromatic N) is 2. The molecule has 0 N–H and O–H groups in total. The van der Waals surface area contributed by atoms with E-state index in [0.717, 1.165) is 36.4 Å². The highest BCUT2D eigenvalue weighted by Crippen LogP contribution is 2.43. The Kier molecular flexibility index (Phi) is 5.49. The average Bonchev–Trinajstić information content (AvgIpc) is 3.15. The summed E-state index contributed by atoms with van der Waals surface area (Å²) in [6.07, 6.45) is -9.75. The van der Waals surface area contributed by atoms with E-state index in [1.807, 2.05) is 0 Å². The zero-order valence-electron chi connectivity index (χ0n) is 17.1. The number of amides is 2. The lowest BCUT2D eigenvalue weighted by Gasteiger charge is -2.23. The largest absolute Gasteiger partial charge is 0.418 e. The van der Waals surface area contributed by atoms with Gasteiger partial charge in [-0.1, -0.05) is 12.1 Å². The fourth-order valence-electron chi connectivity index (χ4n) is 4.14. The van der Waals surface area contributed by atoms with E-state index in [1.54, 1.807) is 0 Å². The van der Waals surface area contributed by atoms with Crippen LogP contribution in [0.4, 0.5) is 37.7 Å². The van der Waals surface area contributed by atoms with Crippen molar-refractivity contribution in [2.24, 2.45) is 0 Å². The fourth-order valence-corrected chi connectivity index (χ4v) is 4.14. The number of para-hydroxylation sites is 2. The number of halogens is 6. The minimum Gasteiger partial charge on any atom is -0.304 e. The van der Waals surface area contributed by atoms with E-state index < -0.39 is 58.2 Å². The lowest BCUT2D eigenvalue weighted by Crippen LogP contribution is -2.34. The van der Waals surface area contributed by atoms with Crippen molar-refractivity contribution in [1.82, 2.24) is 0 Å². The first kappa shape index (κ1) is 23.5. The maximum atomic E-state index is 13.4. The number of rotatable bonds is 5. The van der Waals surface area contributed by atoms with Crippen molar-refractivity contribution in [1.29, 1.82) is 0 Å². The quantitative estimate of drug-likeness (QED) is 0.361. The Balaban J connectivity index is 1.53. The summed E-state index contributed by atoms with van der Waals surface area (Å²) in [5.41, 5.74) is -4.22. The number of benzene rings is 2. The van der Waals surface area contributed by atoms with Crippen LogP contribution in [0.25, 0.3) is 0 Å². The Morgan fingerprint density at radius 1 is 0.588 bits per heavy atom. The molecule has 2 heterocycles. The van der Waals surface area contributed by atoms with Gasteiger partial charge in [-0.25, -0.2) is 0 Å². The number of hydrogen-bond donors (Lipinski definition) is 0. The second kappa shape index (κ2) is 7.96. The van der Waals surface area contributed by atoms with Gasteiger partial charge in [-0.3, -0.25) is 19.2 Å². The second-order valence-electron chi connectivity index (χ2n) is 7.68. The van der Waals surface area contributed by atoms with Gasteiger partial charge in [-0.2, -0.15) is 26.3 Å². The highest BCUT2D eigenvalue weighted by Gasteiger charge is 2.45. The molecule has 2 aliphatic rings. The lowest BCUT2D eigenvalue weighted by molar-refractivity contribution is -0.138. The van der Waals surface area contributed by atoms with Crippen molar-refractivity contribution in [3.8, 4) is 0 Å². The molecule has 2 aromatic rings. The Morgan fingerprint density at radius 3 is 1.26 bits per heavy atom. The van der Waals surface area contributed by atoms with E-state index in [1.165, 1.54) is 0 Å². The molecule has 0 radical (unpaired) electrons. The van der Waals surface area contributed by atoms with Gasteiger partial charge in [0.2, 0.25) is 0 Å². The van der Waals surface area contributed by atoms with Crippen molar-refractivity contribution < 1.29 is 45.5 Å². The first-order chi connectivity index (χ1) is 15.8. The normalized spacial score (nSPS) is 15.9. The Labute approximate surface area is 187 Å². The molecule has 0 fully saturated rings. The van der Waals surface area contributed by atoms with E-state index >= 15 is 0 Å². The van der Waals surface area contributed by atoms with Gasteiger partial charge in [-0.15, -0.1) is 0 Å². The standard InChI is InChI=1S/C22H14F6N2O4/c23-21(24,25)13-7-3-5-11-15(13)29(19(33)17(11)31)9-1-2-10-30-16-12(18(32)20(30)34)6-4-8-14(16)22(26,27)28/h3-8H,1-2,9-10H2. The maximum Gasteiger partial charge on any atom is 0.418 e. The molecule has 0 saturated carbocycles. The van der Waals surface area contributed by atoms with Crippen molar-refractivity contribution in [2.75, 3.05) is 22.9 Å². The predicted molar refractivity (Wildman–Crippen MR) is 105 cm³/mol. The van der Waals surface area contributed by atoms with E-state index in [4.69, 9.17) is 0 Å². The summed E-state index contributed by atoms with van der Waals surface area (Å²) in [4.78, 5) is 50.2. The van der Waals surface area contributed by atoms with Gasteiger partial charge in [0.15, 0.2) is 0 Å². The van der Waals surface area contributed by atoms with Gasteiger partial charge >= 0.3 is 12.4 Å². The summed E-state index contributed by atoms with van der Waals surface area (Å²) in [7, 11) is 0. The van der Waals surface area contributed by atoms with Crippen LogP contribution in [0, 0.1) is 0 Å². The van der Waals surface area contributed by atoms with E-state index in [-0.39, 0.29) is 37.1 Å². The summed E-state index contributed by atoms with van der Waals surface area (Å²) in [5.74, 6) is -4.48. The highest BCUT2D eigenvalue weighted by molar-refractivity contribution is 6.53. The molecule has 0 atom stereocenters. The predicted octanol–water partition coefficient (Wildman–Crippen LogP) is 4.26. The van der Waals surface area contributed by atoms with Crippen molar-refractivity contribution in [3.63, 3.8) is 0 Å². The Bertz CT molecular complexity index is 1140. The summed E-state index contributed by atoms with van der Waals surface area (Å²) < 4.78 is 80.4. The molecule has 6 nitrogen and oxygen atoms in total. The van der Waals surface area contributed by atoms with Gasteiger partial charge in [0.1, 0.15) is 0 Å². The highest BCUT2D eigenvalue weighted by atomic mass is 19.4. The van der Waals surface area contributed by atoms with Gasteiger partial charge in [0.25, 0.3) is 23.4 Å². The van der Waals surface area contributed by atoms with Crippen LogP contribution in [0.15, 0.2) is 36.4 Å². The molecule has 2 amide bonds. The second-order valence-corrected chi connectivity index (χ2v) is 7.68. The molecular formula is C22H14F6N2O4. The molecule has 2 aliphatic heterocycles. The van der Waals surface area contributed by atoms with Gasteiger partial charge < -0.3 is 9.80 Å². The van der Waals surface area contributed by atoms with Gasteiger partial charge in [-0.05, 0) is 37.1 Å². The SMILES string of the molecule is O=C1C(=O)N(CCCCN2C(=O)C(=O)c3cccc(C(F)(F)F)c32)c2c1cccc2C(F)(F)F. The third-order valence-electron chi connectivity index (χ3n) is 5.60. The summed E-state index contributed by atoms with van der Waals surface area (Å²) in [5, 5.41) is 0. The number of Topliss-reactive ketones (excluding diaryl/α,β-unsaturated/α-hetero) is 2. The minimum absolute atomic E-state index is 0.0495. The molecule has 0 aromatic heterocycles.